The molecule has 0 saturated carbocycles. The van der Waals surface area contributed by atoms with Crippen molar-refractivity contribution in [1.29, 1.82) is 0 Å². The second kappa shape index (κ2) is 6.67. The molecule has 3 N–H and O–H groups in total. The van der Waals surface area contributed by atoms with Crippen LogP contribution in [0.2, 0.25) is 5.02 Å². The number of ether oxygens (including phenoxy) is 1. The minimum atomic E-state index is -0.0959. The number of benzene rings is 1. The fraction of sp³-hybridized carbons (Fsp3) is 0.429. The number of hydrogen-bond donors (Lipinski definition) is 2. The van der Waals surface area contributed by atoms with Crippen molar-refractivity contribution in [2.75, 3.05) is 20.2 Å². The Hall–Kier alpha value is -1.95. The third-order valence-corrected chi connectivity index (χ3v) is 3.94. The lowest BCUT2D eigenvalue weighted by Gasteiger charge is -2.31. The zero-order chi connectivity index (χ0) is 15.4. The van der Waals surface area contributed by atoms with E-state index in [0.29, 0.717) is 42.3 Å². The van der Waals surface area contributed by atoms with Gasteiger partial charge in [-0.1, -0.05) is 16.8 Å². The quantitative estimate of drug-likeness (QED) is 0.386. The topological polar surface area (TPSA) is 88.2 Å². The van der Waals surface area contributed by atoms with Crippen molar-refractivity contribution in [3.05, 3.63) is 28.8 Å². The Kier molecular flexibility index (Phi) is 4.90. The molecule has 1 heterocycles. The summed E-state index contributed by atoms with van der Waals surface area (Å²) in [4.78, 5) is 14.3. The van der Waals surface area contributed by atoms with Gasteiger partial charge in [-0.2, -0.15) is 0 Å². The van der Waals surface area contributed by atoms with Gasteiger partial charge in [-0.05, 0) is 31.0 Å². The number of amidine groups is 1. The van der Waals surface area contributed by atoms with Crippen LogP contribution >= 0.6 is 11.6 Å². The summed E-state index contributed by atoms with van der Waals surface area (Å²) in [5.41, 5.74) is 6.09. The Morgan fingerprint density at radius 1 is 1.48 bits per heavy atom. The van der Waals surface area contributed by atoms with E-state index in [1.807, 2.05) is 0 Å². The summed E-state index contributed by atoms with van der Waals surface area (Å²) in [7, 11) is 1.51. The van der Waals surface area contributed by atoms with E-state index in [1.54, 1.807) is 23.1 Å². The van der Waals surface area contributed by atoms with Gasteiger partial charge in [-0.3, -0.25) is 4.79 Å². The first kappa shape index (κ1) is 15.4. The molecule has 0 aromatic heterocycles. The molecule has 2 rings (SSSR count). The predicted molar refractivity (Wildman–Crippen MR) is 80.0 cm³/mol. The molecule has 7 heteroatoms. The second-order valence-electron chi connectivity index (χ2n) is 4.94. The van der Waals surface area contributed by atoms with Crippen LogP contribution in [0.4, 0.5) is 0 Å². The van der Waals surface area contributed by atoms with Gasteiger partial charge < -0.3 is 20.6 Å². The smallest absolute Gasteiger partial charge is 0.257 e. The zero-order valence-corrected chi connectivity index (χ0v) is 12.5. The van der Waals surface area contributed by atoms with Gasteiger partial charge in [0.25, 0.3) is 5.91 Å². The maximum absolute atomic E-state index is 12.5. The van der Waals surface area contributed by atoms with Crippen LogP contribution in [-0.2, 0) is 0 Å². The van der Waals surface area contributed by atoms with Crippen molar-refractivity contribution < 1.29 is 14.7 Å². The van der Waals surface area contributed by atoms with Gasteiger partial charge in [0.15, 0.2) is 0 Å². The van der Waals surface area contributed by atoms with E-state index in [-0.39, 0.29) is 17.7 Å². The summed E-state index contributed by atoms with van der Waals surface area (Å²) in [5, 5.41) is 12.2. The molecule has 1 aliphatic heterocycles. The minimum absolute atomic E-state index is 0.0196. The van der Waals surface area contributed by atoms with Crippen molar-refractivity contribution >= 4 is 23.3 Å². The Morgan fingerprint density at radius 2 is 2.14 bits per heavy atom. The van der Waals surface area contributed by atoms with E-state index in [2.05, 4.69) is 5.16 Å². The van der Waals surface area contributed by atoms with E-state index >= 15 is 0 Å². The van der Waals surface area contributed by atoms with Crippen LogP contribution in [0.25, 0.3) is 0 Å². The molecular formula is C14H18ClN3O3. The summed E-state index contributed by atoms with van der Waals surface area (Å²) < 4.78 is 5.21. The predicted octanol–water partition coefficient (Wildman–Crippen LogP) is 1.95. The largest absolute Gasteiger partial charge is 0.496 e. The molecule has 1 aromatic rings. The lowest BCUT2D eigenvalue weighted by atomic mass is 9.95. The summed E-state index contributed by atoms with van der Waals surface area (Å²) in [5.74, 6) is 0.616. The molecule has 1 amide bonds. The highest BCUT2D eigenvalue weighted by Gasteiger charge is 2.27. The molecule has 1 fully saturated rings. The van der Waals surface area contributed by atoms with Crippen LogP contribution in [0.1, 0.15) is 23.2 Å². The molecule has 1 aromatic carbocycles. The number of amides is 1. The molecule has 0 atom stereocenters. The highest BCUT2D eigenvalue weighted by molar-refractivity contribution is 6.30. The number of nitrogens with zero attached hydrogens (tertiary/aromatic N) is 2. The van der Waals surface area contributed by atoms with Crippen LogP contribution in [-0.4, -0.2) is 42.0 Å². The first-order valence-electron chi connectivity index (χ1n) is 6.67. The van der Waals surface area contributed by atoms with E-state index in [0.717, 1.165) is 0 Å². The van der Waals surface area contributed by atoms with Crippen LogP contribution in [0.15, 0.2) is 23.4 Å². The average Bonchev–Trinajstić information content (AvgIpc) is 2.53. The van der Waals surface area contributed by atoms with Crippen molar-refractivity contribution in [2.24, 2.45) is 16.8 Å². The molecule has 0 unspecified atom stereocenters. The summed E-state index contributed by atoms with van der Waals surface area (Å²) in [6.07, 6.45) is 1.36. The third kappa shape index (κ3) is 3.39. The van der Waals surface area contributed by atoms with Gasteiger partial charge >= 0.3 is 0 Å². The van der Waals surface area contributed by atoms with Gasteiger partial charge in [-0.15, -0.1) is 0 Å². The fourth-order valence-electron chi connectivity index (χ4n) is 2.47. The molecule has 0 bridgehead atoms. The molecule has 6 nitrogen and oxygen atoms in total. The van der Waals surface area contributed by atoms with E-state index in [1.165, 1.54) is 7.11 Å². The van der Waals surface area contributed by atoms with Crippen molar-refractivity contribution in [2.45, 2.75) is 12.8 Å². The van der Waals surface area contributed by atoms with Crippen molar-refractivity contribution in [3.63, 3.8) is 0 Å². The monoisotopic (exact) mass is 311 g/mol. The van der Waals surface area contributed by atoms with Crippen LogP contribution in [0, 0.1) is 5.92 Å². The van der Waals surface area contributed by atoms with Gasteiger partial charge in [0.1, 0.15) is 11.6 Å². The summed E-state index contributed by atoms with van der Waals surface area (Å²) >= 11 is 5.90. The molecule has 0 spiro atoms. The highest BCUT2D eigenvalue weighted by atomic mass is 35.5. The van der Waals surface area contributed by atoms with Crippen LogP contribution < -0.4 is 10.5 Å². The maximum Gasteiger partial charge on any atom is 0.257 e. The molecule has 114 valence electrons. The molecule has 1 aliphatic rings. The molecular weight excluding hydrogens is 294 g/mol. The zero-order valence-electron chi connectivity index (χ0n) is 11.8. The van der Waals surface area contributed by atoms with Gasteiger partial charge in [-0.25, -0.2) is 0 Å². The van der Waals surface area contributed by atoms with E-state index < -0.39 is 0 Å². The summed E-state index contributed by atoms with van der Waals surface area (Å²) in [6, 6.07) is 4.96. The SMILES string of the molecule is COc1cc(Cl)ccc1C(=O)N1CCC(C(N)=NO)CC1. The standard InChI is InChI=1S/C14H18ClN3O3/c1-21-12-8-10(15)2-3-11(12)14(19)18-6-4-9(5-7-18)13(16)17-20/h2-3,8-9,20H,4-7H2,1H3,(H2,16,17). The van der Waals surface area contributed by atoms with Gasteiger partial charge in [0.2, 0.25) is 0 Å². The Labute approximate surface area is 128 Å². The Morgan fingerprint density at radius 3 is 2.71 bits per heavy atom. The number of nitrogens with two attached hydrogens (primary N) is 1. The number of hydrogen-bond acceptors (Lipinski definition) is 4. The first-order chi connectivity index (χ1) is 10.1. The van der Waals surface area contributed by atoms with Crippen LogP contribution in [0.5, 0.6) is 5.75 Å². The maximum atomic E-state index is 12.5. The molecule has 0 aliphatic carbocycles. The second-order valence-corrected chi connectivity index (χ2v) is 5.37. The third-order valence-electron chi connectivity index (χ3n) is 3.71. The number of halogens is 1. The van der Waals surface area contributed by atoms with E-state index in [9.17, 15) is 4.79 Å². The molecule has 21 heavy (non-hydrogen) atoms. The lowest BCUT2D eigenvalue weighted by molar-refractivity contribution is 0.0705. The first-order valence-corrected chi connectivity index (χ1v) is 7.04. The molecule has 1 saturated heterocycles. The minimum Gasteiger partial charge on any atom is -0.496 e. The Balaban J connectivity index is 2.09. The van der Waals surface area contributed by atoms with Gasteiger partial charge in [0.05, 0.1) is 12.7 Å². The fourth-order valence-corrected chi connectivity index (χ4v) is 2.63. The number of methoxy groups -OCH3 is 1. The lowest BCUT2D eigenvalue weighted by Crippen LogP contribution is -2.41. The average molecular weight is 312 g/mol. The number of carbonyl (C=O) groups is 1. The van der Waals surface area contributed by atoms with E-state index in [4.69, 9.17) is 27.3 Å². The summed E-state index contributed by atoms with van der Waals surface area (Å²) in [6.45, 7) is 1.12. The van der Waals surface area contributed by atoms with Crippen LogP contribution in [0.3, 0.4) is 0 Å². The van der Waals surface area contributed by atoms with Gasteiger partial charge in [0, 0.05) is 24.0 Å². The van der Waals surface area contributed by atoms with Crippen molar-refractivity contribution in [1.82, 2.24) is 4.90 Å². The number of piperidine rings is 1. The Bertz CT molecular complexity index is 554. The van der Waals surface area contributed by atoms with Crippen molar-refractivity contribution in [3.8, 4) is 5.75 Å². The number of rotatable bonds is 3. The number of likely N-dealkylation sites (tertiary alicyclic amines) is 1. The highest BCUT2D eigenvalue weighted by Crippen LogP contribution is 2.26. The number of carbonyl (C=O) groups excluding carboxylic acids is 1. The number of oxime groups is 1. The molecule has 0 radical (unpaired) electrons. The normalized spacial score (nSPS) is 16.9.